The topological polar surface area (TPSA) is 76.3 Å². The number of carbonyl (C=O) groups is 1. The molecule has 3 aromatic rings. The minimum absolute atomic E-state index is 0.135. The summed E-state index contributed by atoms with van der Waals surface area (Å²) in [5.41, 5.74) is 3.98. The molecule has 1 heterocycles. The number of aryl methyl sites for hydroxylation is 1. The molecule has 0 aliphatic heterocycles. The fraction of sp³-hybridized carbons (Fsp3) is 0.304. The Hall–Kier alpha value is -3.46. The van der Waals surface area contributed by atoms with Crippen molar-refractivity contribution in [3.05, 3.63) is 48.0 Å². The molecule has 0 aliphatic carbocycles. The van der Waals surface area contributed by atoms with E-state index in [9.17, 15) is 10.1 Å². The van der Waals surface area contributed by atoms with Crippen molar-refractivity contribution < 1.29 is 14.3 Å². The molecule has 2 aromatic carbocycles. The van der Waals surface area contributed by atoms with Crippen molar-refractivity contribution in [2.45, 2.75) is 39.8 Å². The number of benzene rings is 2. The summed E-state index contributed by atoms with van der Waals surface area (Å²) in [5.74, 6) is 0.750. The highest BCUT2D eigenvalue weighted by Gasteiger charge is 2.18. The molecule has 6 heteroatoms. The molecule has 0 fully saturated rings. The standard InChI is InChI=1S/C23H25N3O3/c1-5-15(3)29-23(27)25-17-9-7-16(8-10-17)22-20(14-24)19-12-11-18(28-4)13-21(19)26(22)6-2/h7-13,15H,5-6H2,1-4H3,(H,25,27). The number of nitriles is 1. The maximum Gasteiger partial charge on any atom is 0.411 e. The third-order valence-electron chi connectivity index (χ3n) is 4.99. The number of methoxy groups -OCH3 is 1. The molecule has 0 radical (unpaired) electrons. The van der Waals surface area contributed by atoms with E-state index in [0.717, 1.165) is 34.3 Å². The highest BCUT2D eigenvalue weighted by atomic mass is 16.6. The first-order chi connectivity index (χ1) is 14.0. The maximum absolute atomic E-state index is 11.9. The molecular formula is C23H25N3O3. The summed E-state index contributed by atoms with van der Waals surface area (Å²) in [5, 5.41) is 13.5. The fourth-order valence-corrected chi connectivity index (χ4v) is 3.32. The number of ether oxygens (including phenoxy) is 2. The van der Waals surface area contributed by atoms with Crippen LogP contribution in [0.1, 0.15) is 32.8 Å². The van der Waals surface area contributed by atoms with Crippen molar-refractivity contribution in [3.8, 4) is 23.1 Å². The van der Waals surface area contributed by atoms with Gasteiger partial charge in [-0.15, -0.1) is 0 Å². The van der Waals surface area contributed by atoms with E-state index in [1.807, 2.05) is 63.2 Å². The molecule has 6 nitrogen and oxygen atoms in total. The van der Waals surface area contributed by atoms with Crippen LogP contribution in [0.3, 0.4) is 0 Å². The molecule has 0 saturated carbocycles. The Kier molecular flexibility index (Phi) is 6.08. The fourth-order valence-electron chi connectivity index (χ4n) is 3.32. The van der Waals surface area contributed by atoms with Gasteiger partial charge in [0.05, 0.1) is 23.9 Å². The van der Waals surface area contributed by atoms with Gasteiger partial charge in [0.1, 0.15) is 17.9 Å². The Labute approximate surface area is 170 Å². The molecule has 3 rings (SSSR count). The van der Waals surface area contributed by atoms with Crippen molar-refractivity contribution in [3.63, 3.8) is 0 Å². The zero-order chi connectivity index (χ0) is 21.0. The zero-order valence-electron chi connectivity index (χ0n) is 17.2. The number of aromatic nitrogens is 1. The number of fused-ring (bicyclic) bond motifs is 1. The minimum atomic E-state index is -0.473. The van der Waals surface area contributed by atoms with E-state index < -0.39 is 6.09 Å². The van der Waals surface area contributed by atoms with Gasteiger partial charge in [-0.3, -0.25) is 5.32 Å². The van der Waals surface area contributed by atoms with Gasteiger partial charge in [-0.25, -0.2) is 4.79 Å². The monoisotopic (exact) mass is 391 g/mol. The molecule has 1 atom stereocenters. The van der Waals surface area contributed by atoms with Crippen LogP contribution >= 0.6 is 0 Å². The number of rotatable bonds is 6. The van der Waals surface area contributed by atoms with Gasteiger partial charge in [-0.1, -0.05) is 19.1 Å². The summed E-state index contributed by atoms with van der Waals surface area (Å²) in [7, 11) is 1.63. The van der Waals surface area contributed by atoms with Crippen molar-refractivity contribution in [1.82, 2.24) is 4.57 Å². The van der Waals surface area contributed by atoms with Crippen LogP contribution in [-0.4, -0.2) is 23.9 Å². The lowest BCUT2D eigenvalue weighted by Gasteiger charge is -2.13. The van der Waals surface area contributed by atoms with Gasteiger partial charge >= 0.3 is 6.09 Å². The summed E-state index contributed by atoms with van der Waals surface area (Å²) in [6.07, 6.45) is 0.152. The number of amides is 1. The van der Waals surface area contributed by atoms with E-state index in [-0.39, 0.29) is 6.10 Å². The molecule has 0 aliphatic rings. The smallest absolute Gasteiger partial charge is 0.411 e. The summed E-state index contributed by atoms with van der Waals surface area (Å²) in [4.78, 5) is 11.9. The van der Waals surface area contributed by atoms with Crippen molar-refractivity contribution in [2.75, 3.05) is 12.4 Å². The Balaban J connectivity index is 1.98. The number of nitrogens with one attached hydrogen (secondary N) is 1. The highest BCUT2D eigenvalue weighted by molar-refractivity contribution is 5.95. The lowest BCUT2D eigenvalue weighted by molar-refractivity contribution is 0.118. The predicted octanol–water partition coefficient (Wildman–Crippen LogP) is 5.56. The van der Waals surface area contributed by atoms with E-state index in [1.165, 1.54) is 0 Å². The van der Waals surface area contributed by atoms with Gasteiger partial charge in [0.15, 0.2) is 0 Å². The van der Waals surface area contributed by atoms with E-state index in [1.54, 1.807) is 7.11 Å². The first-order valence-electron chi connectivity index (χ1n) is 9.70. The predicted molar refractivity (Wildman–Crippen MR) is 114 cm³/mol. The number of hydrogen-bond donors (Lipinski definition) is 1. The van der Waals surface area contributed by atoms with Crippen molar-refractivity contribution >= 4 is 22.7 Å². The SMILES string of the molecule is CCC(C)OC(=O)Nc1ccc(-c2c(C#N)c3ccc(OC)cc3n2CC)cc1. The number of carbonyl (C=O) groups excluding carboxylic acids is 1. The quantitative estimate of drug-likeness (QED) is 0.597. The molecule has 1 amide bonds. The lowest BCUT2D eigenvalue weighted by Crippen LogP contribution is -2.19. The van der Waals surface area contributed by atoms with Crippen LogP contribution in [0.4, 0.5) is 10.5 Å². The molecule has 0 bridgehead atoms. The van der Waals surface area contributed by atoms with E-state index >= 15 is 0 Å². The van der Waals surface area contributed by atoms with Crippen LogP contribution in [0.25, 0.3) is 22.2 Å². The van der Waals surface area contributed by atoms with Gasteiger partial charge in [-0.2, -0.15) is 5.26 Å². The molecule has 1 N–H and O–H groups in total. The second-order valence-corrected chi connectivity index (χ2v) is 6.79. The molecule has 1 unspecified atom stereocenters. The molecule has 0 saturated heterocycles. The number of anilines is 1. The van der Waals surface area contributed by atoms with Crippen LogP contribution in [0.15, 0.2) is 42.5 Å². The average Bonchev–Trinajstić information content (AvgIpc) is 3.06. The minimum Gasteiger partial charge on any atom is -0.497 e. The van der Waals surface area contributed by atoms with Gasteiger partial charge in [0.2, 0.25) is 0 Å². The Morgan fingerprint density at radius 2 is 1.93 bits per heavy atom. The summed E-state index contributed by atoms with van der Waals surface area (Å²) in [6, 6.07) is 15.5. The normalized spacial score (nSPS) is 11.7. The molecule has 0 spiro atoms. The number of hydrogen-bond acceptors (Lipinski definition) is 4. The Morgan fingerprint density at radius 1 is 1.21 bits per heavy atom. The summed E-state index contributed by atoms with van der Waals surface area (Å²) in [6.45, 7) is 6.57. The first-order valence-corrected chi connectivity index (χ1v) is 9.70. The summed E-state index contributed by atoms with van der Waals surface area (Å²) >= 11 is 0. The van der Waals surface area contributed by atoms with Gasteiger partial charge in [0, 0.05) is 23.7 Å². The Bertz CT molecular complexity index is 1060. The van der Waals surface area contributed by atoms with Crippen LogP contribution in [0, 0.1) is 11.3 Å². The van der Waals surface area contributed by atoms with Crippen LogP contribution in [-0.2, 0) is 11.3 Å². The van der Waals surface area contributed by atoms with Crippen LogP contribution in [0.5, 0.6) is 5.75 Å². The second kappa shape index (κ2) is 8.70. The zero-order valence-corrected chi connectivity index (χ0v) is 17.2. The third kappa shape index (κ3) is 4.04. The van der Waals surface area contributed by atoms with Gasteiger partial charge in [0.25, 0.3) is 0 Å². The third-order valence-corrected chi connectivity index (χ3v) is 4.99. The van der Waals surface area contributed by atoms with E-state index in [2.05, 4.69) is 16.0 Å². The lowest BCUT2D eigenvalue weighted by atomic mass is 10.1. The molecule has 1 aromatic heterocycles. The van der Waals surface area contributed by atoms with Gasteiger partial charge in [-0.05, 0) is 50.1 Å². The largest absolute Gasteiger partial charge is 0.497 e. The highest BCUT2D eigenvalue weighted by Crippen LogP contribution is 2.35. The van der Waals surface area contributed by atoms with Crippen molar-refractivity contribution in [1.29, 1.82) is 5.26 Å². The van der Waals surface area contributed by atoms with Gasteiger partial charge < -0.3 is 14.0 Å². The van der Waals surface area contributed by atoms with Crippen LogP contribution < -0.4 is 10.1 Å². The van der Waals surface area contributed by atoms with Crippen LogP contribution in [0.2, 0.25) is 0 Å². The molecular weight excluding hydrogens is 366 g/mol. The van der Waals surface area contributed by atoms with E-state index in [0.29, 0.717) is 17.8 Å². The summed E-state index contributed by atoms with van der Waals surface area (Å²) < 4.78 is 12.7. The number of nitrogens with zero attached hydrogens (tertiary/aromatic N) is 2. The first kappa shape index (κ1) is 20.3. The van der Waals surface area contributed by atoms with E-state index in [4.69, 9.17) is 9.47 Å². The molecule has 150 valence electrons. The Morgan fingerprint density at radius 3 is 2.52 bits per heavy atom. The molecule has 29 heavy (non-hydrogen) atoms. The maximum atomic E-state index is 11.9. The van der Waals surface area contributed by atoms with Crippen molar-refractivity contribution in [2.24, 2.45) is 0 Å². The second-order valence-electron chi connectivity index (χ2n) is 6.79. The average molecular weight is 391 g/mol.